The molecule has 2 saturated carbocycles. The first-order valence-electron chi connectivity index (χ1n) is 7.66. The topological polar surface area (TPSA) is 49.4 Å². The Morgan fingerprint density at radius 1 is 1.21 bits per heavy atom. The minimum absolute atomic E-state index is 0.0240. The van der Waals surface area contributed by atoms with Gasteiger partial charge in [-0.3, -0.25) is 9.59 Å². The molecule has 0 bridgehead atoms. The van der Waals surface area contributed by atoms with E-state index in [4.69, 9.17) is 0 Å². The molecule has 2 amide bonds. The van der Waals surface area contributed by atoms with Gasteiger partial charge in [-0.1, -0.05) is 26.2 Å². The largest absolute Gasteiger partial charge is 0.342 e. The van der Waals surface area contributed by atoms with Gasteiger partial charge < -0.3 is 10.2 Å². The van der Waals surface area contributed by atoms with E-state index in [2.05, 4.69) is 12.2 Å². The fourth-order valence-corrected chi connectivity index (χ4v) is 3.64. The zero-order valence-corrected chi connectivity index (χ0v) is 11.8. The molecule has 0 aromatic carbocycles. The van der Waals surface area contributed by atoms with Gasteiger partial charge in [0.2, 0.25) is 11.8 Å². The van der Waals surface area contributed by atoms with Crippen LogP contribution in [0.3, 0.4) is 0 Å². The highest BCUT2D eigenvalue weighted by Crippen LogP contribution is 2.38. The van der Waals surface area contributed by atoms with Gasteiger partial charge >= 0.3 is 0 Å². The Morgan fingerprint density at radius 3 is 2.53 bits per heavy atom. The Hall–Kier alpha value is -1.06. The van der Waals surface area contributed by atoms with E-state index >= 15 is 0 Å². The van der Waals surface area contributed by atoms with E-state index in [9.17, 15) is 9.59 Å². The fourth-order valence-electron chi connectivity index (χ4n) is 3.64. The highest BCUT2D eigenvalue weighted by molar-refractivity contribution is 5.95. The lowest BCUT2D eigenvalue weighted by molar-refractivity contribution is -0.146. The molecule has 1 aliphatic heterocycles. The van der Waals surface area contributed by atoms with E-state index in [-0.39, 0.29) is 29.8 Å². The van der Waals surface area contributed by atoms with Crippen molar-refractivity contribution in [3.63, 3.8) is 0 Å². The van der Waals surface area contributed by atoms with Crippen LogP contribution in [0.2, 0.25) is 0 Å². The third kappa shape index (κ3) is 2.77. The van der Waals surface area contributed by atoms with Gasteiger partial charge in [0.05, 0.1) is 6.54 Å². The Bertz CT molecular complexity index is 384. The molecule has 3 rings (SSSR count). The molecule has 0 radical (unpaired) electrons. The average Bonchev–Trinajstić information content (AvgIpc) is 3.18. The molecule has 3 fully saturated rings. The second-order valence-electron chi connectivity index (χ2n) is 6.95. The lowest BCUT2D eigenvalue weighted by Gasteiger charge is -2.41. The van der Waals surface area contributed by atoms with Crippen LogP contribution in [0.4, 0.5) is 0 Å². The van der Waals surface area contributed by atoms with E-state index in [1.54, 1.807) is 0 Å². The third-order valence-electron chi connectivity index (χ3n) is 4.96. The Kier molecular flexibility index (Phi) is 3.27. The van der Waals surface area contributed by atoms with E-state index in [1.165, 1.54) is 32.1 Å². The van der Waals surface area contributed by atoms with Crippen molar-refractivity contribution in [2.45, 2.75) is 57.9 Å². The number of nitrogens with zero attached hydrogens (tertiary/aromatic N) is 1. The Balaban J connectivity index is 1.68. The summed E-state index contributed by atoms with van der Waals surface area (Å²) in [6, 6.07) is -0.228. The highest BCUT2D eigenvalue weighted by Gasteiger charge is 2.44. The second kappa shape index (κ2) is 4.80. The molecule has 1 heterocycles. The summed E-state index contributed by atoms with van der Waals surface area (Å²) in [5, 5.41) is 2.88. The molecule has 1 N–H and O–H groups in total. The SMILES string of the molecule is CC1(CN2CC(=O)NC(C3CC3)C2=O)CCCCC1. The normalized spacial score (nSPS) is 31.2. The predicted molar refractivity (Wildman–Crippen MR) is 72.4 cm³/mol. The molecule has 0 spiro atoms. The maximum atomic E-state index is 12.5. The van der Waals surface area contributed by atoms with E-state index < -0.39 is 0 Å². The first-order valence-corrected chi connectivity index (χ1v) is 7.66. The smallest absolute Gasteiger partial charge is 0.245 e. The quantitative estimate of drug-likeness (QED) is 0.843. The zero-order valence-electron chi connectivity index (χ0n) is 11.8. The molecule has 1 saturated heterocycles. The summed E-state index contributed by atoms with van der Waals surface area (Å²) >= 11 is 0. The van der Waals surface area contributed by atoms with Gasteiger partial charge in [-0.15, -0.1) is 0 Å². The lowest BCUT2D eigenvalue weighted by Crippen LogP contribution is -2.60. The van der Waals surface area contributed by atoms with Gasteiger partial charge in [0, 0.05) is 6.54 Å². The number of carbonyl (C=O) groups is 2. The number of nitrogens with one attached hydrogen (secondary N) is 1. The first-order chi connectivity index (χ1) is 9.07. The summed E-state index contributed by atoms with van der Waals surface area (Å²) in [6.07, 6.45) is 8.38. The van der Waals surface area contributed by atoms with E-state index in [0.29, 0.717) is 5.92 Å². The fraction of sp³-hybridized carbons (Fsp3) is 0.867. The van der Waals surface area contributed by atoms with Crippen LogP contribution < -0.4 is 5.32 Å². The maximum absolute atomic E-state index is 12.5. The number of amides is 2. The van der Waals surface area contributed by atoms with Gasteiger partial charge in [0.1, 0.15) is 6.04 Å². The third-order valence-corrected chi connectivity index (χ3v) is 4.96. The minimum atomic E-state index is -0.228. The molecule has 1 unspecified atom stereocenters. The van der Waals surface area contributed by atoms with Gasteiger partial charge in [-0.25, -0.2) is 0 Å². The van der Waals surface area contributed by atoms with Gasteiger partial charge in [0.15, 0.2) is 0 Å². The van der Waals surface area contributed by atoms with Crippen LogP contribution in [0.25, 0.3) is 0 Å². The second-order valence-corrected chi connectivity index (χ2v) is 6.95. The monoisotopic (exact) mass is 264 g/mol. The van der Waals surface area contributed by atoms with Crippen molar-refractivity contribution in [2.24, 2.45) is 11.3 Å². The lowest BCUT2D eigenvalue weighted by atomic mass is 9.75. The molecule has 4 heteroatoms. The van der Waals surface area contributed by atoms with Crippen LogP contribution in [0, 0.1) is 11.3 Å². The van der Waals surface area contributed by atoms with Crippen molar-refractivity contribution in [1.29, 1.82) is 0 Å². The van der Waals surface area contributed by atoms with Crippen LogP contribution in [0.5, 0.6) is 0 Å². The molecule has 106 valence electrons. The summed E-state index contributed by atoms with van der Waals surface area (Å²) in [4.78, 5) is 26.1. The summed E-state index contributed by atoms with van der Waals surface area (Å²) in [6.45, 7) is 3.30. The first kappa shape index (κ1) is 12.9. The van der Waals surface area contributed by atoms with Gasteiger partial charge in [-0.05, 0) is 37.0 Å². The molecule has 4 nitrogen and oxygen atoms in total. The molecular formula is C15H24N2O2. The Morgan fingerprint density at radius 2 is 1.89 bits per heavy atom. The standard InChI is InChI=1S/C15H24N2O2/c1-15(7-3-2-4-8-15)10-17-9-12(18)16-13(14(17)19)11-5-6-11/h11,13H,2-10H2,1H3,(H,16,18). The number of hydrogen-bond donors (Lipinski definition) is 1. The van der Waals surface area contributed by atoms with Crippen molar-refractivity contribution < 1.29 is 9.59 Å². The summed E-state index contributed by atoms with van der Waals surface area (Å²) in [7, 11) is 0. The van der Waals surface area contributed by atoms with Crippen LogP contribution in [-0.4, -0.2) is 35.8 Å². The molecular weight excluding hydrogens is 240 g/mol. The van der Waals surface area contributed by atoms with Crippen molar-refractivity contribution in [2.75, 3.05) is 13.1 Å². The predicted octanol–water partition coefficient (Wildman–Crippen LogP) is 1.69. The van der Waals surface area contributed by atoms with Gasteiger partial charge in [0.25, 0.3) is 0 Å². The molecule has 3 aliphatic rings. The number of carbonyl (C=O) groups excluding carboxylic acids is 2. The molecule has 0 aromatic heterocycles. The van der Waals surface area contributed by atoms with E-state index in [0.717, 1.165) is 19.4 Å². The van der Waals surface area contributed by atoms with Crippen LogP contribution >= 0.6 is 0 Å². The van der Waals surface area contributed by atoms with Gasteiger partial charge in [-0.2, -0.15) is 0 Å². The minimum Gasteiger partial charge on any atom is -0.342 e. The van der Waals surface area contributed by atoms with Crippen LogP contribution in [0.1, 0.15) is 51.9 Å². The summed E-state index contributed by atoms with van der Waals surface area (Å²) < 4.78 is 0. The van der Waals surface area contributed by atoms with Crippen LogP contribution in [-0.2, 0) is 9.59 Å². The van der Waals surface area contributed by atoms with Crippen molar-refractivity contribution in [3.8, 4) is 0 Å². The molecule has 0 aromatic rings. The summed E-state index contributed by atoms with van der Waals surface area (Å²) in [5.41, 5.74) is 0.222. The molecule has 19 heavy (non-hydrogen) atoms. The number of rotatable bonds is 3. The maximum Gasteiger partial charge on any atom is 0.245 e. The van der Waals surface area contributed by atoms with Crippen LogP contribution in [0.15, 0.2) is 0 Å². The van der Waals surface area contributed by atoms with E-state index in [1.807, 2.05) is 4.90 Å². The summed E-state index contributed by atoms with van der Waals surface area (Å²) in [5.74, 6) is 0.586. The number of piperazine rings is 1. The zero-order chi connectivity index (χ0) is 13.5. The van der Waals surface area contributed by atoms with Crippen molar-refractivity contribution in [1.82, 2.24) is 10.2 Å². The molecule has 1 atom stereocenters. The highest BCUT2D eigenvalue weighted by atomic mass is 16.2. The van der Waals surface area contributed by atoms with Crippen molar-refractivity contribution >= 4 is 11.8 Å². The molecule has 2 aliphatic carbocycles. The Labute approximate surface area is 114 Å². The number of hydrogen-bond acceptors (Lipinski definition) is 2. The average molecular weight is 264 g/mol. The van der Waals surface area contributed by atoms with Crippen molar-refractivity contribution in [3.05, 3.63) is 0 Å².